The number of rotatable bonds is 4. The standard InChI is InChI=1S/C14H19NO2/c1-10(2)17-9-14(16)12-7-8-15-13-6-4-3-5-11(12)13/h3-6,10,12,15H,7-9H2,1-2H3. The number of carbonyl (C=O) groups excluding carboxylic acids is 1. The third-order valence-electron chi connectivity index (χ3n) is 3.03. The molecule has 1 aromatic rings. The molecule has 1 aliphatic heterocycles. The molecule has 3 nitrogen and oxygen atoms in total. The second-order valence-corrected chi connectivity index (χ2v) is 4.68. The van der Waals surface area contributed by atoms with E-state index in [1.165, 1.54) is 0 Å². The van der Waals surface area contributed by atoms with Crippen molar-refractivity contribution in [1.29, 1.82) is 0 Å². The predicted molar refractivity (Wildman–Crippen MR) is 68.4 cm³/mol. The molecule has 0 saturated heterocycles. The molecule has 0 fully saturated rings. The molecule has 1 atom stereocenters. The quantitative estimate of drug-likeness (QED) is 0.868. The number of carbonyl (C=O) groups is 1. The predicted octanol–water partition coefficient (Wildman–Crippen LogP) is 2.58. The van der Waals surface area contributed by atoms with E-state index in [4.69, 9.17) is 4.74 Å². The highest BCUT2D eigenvalue weighted by Gasteiger charge is 2.25. The number of hydrogen-bond donors (Lipinski definition) is 1. The zero-order chi connectivity index (χ0) is 12.3. The van der Waals surface area contributed by atoms with Crippen molar-refractivity contribution >= 4 is 11.5 Å². The van der Waals surface area contributed by atoms with E-state index < -0.39 is 0 Å². The Balaban J connectivity index is 2.10. The van der Waals surface area contributed by atoms with E-state index in [-0.39, 0.29) is 24.4 Å². The van der Waals surface area contributed by atoms with Crippen molar-refractivity contribution < 1.29 is 9.53 Å². The summed E-state index contributed by atoms with van der Waals surface area (Å²) in [4.78, 5) is 12.1. The third-order valence-corrected chi connectivity index (χ3v) is 3.03. The number of anilines is 1. The highest BCUT2D eigenvalue weighted by molar-refractivity contribution is 5.89. The largest absolute Gasteiger partial charge is 0.385 e. The average Bonchev–Trinajstić information content (AvgIpc) is 2.35. The fourth-order valence-corrected chi connectivity index (χ4v) is 2.15. The summed E-state index contributed by atoms with van der Waals surface area (Å²) in [6, 6.07) is 8.02. The second-order valence-electron chi connectivity index (χ2n) is 4.68. The van der Waals surface area contributed by atoms with Crippen molar-refractivity contribution in [3.63, 3.8) is 0 Å². The molecule has 0 bridgehead atoms. The second kappa shape index (κ2) is 5.32. The van der Waals surface area contributed by atoms with E-state index in [1.807, 2.05) is 38.1 Å². The van der Waals surface area contributed by atoms with Gasteiger partial charge in [-0.2, -0.15) is 0 Å². The van der Waals surface area contributed by atoms with Gasteiger partial charge in [0.15, 0.2) is 5.78 Å². The van der Waals surface area contributed by atoms with Crippen LogP contribution in [-0.2, 0) is 9.53 Å². The molecule has 1 aromatic carbocycles. The van der Waals surface area contributed by atoms with Crippen molar-refractivity contribution in [3.05, 3.63) is 29.8 Å². The summed E-state index contributed by atoms with van der Waals surface area (Å²) >= 11 is 0. The van der Waals surface area contributed by atoms with Crippen LogP contribution in [0.1, 0.15) is 31.7 Å². The first-order valence-electron chi connectivity index (χ1n) is 6.15. The van der Waals surface area contributed by atoms with Crippen LogP contribution in [0.15, 0.2) is 24.3 Å². The van der Waals surface area contributed by atoms with Gasteiger partial charge in [0.25, 0.3) is 0 Å². The van der Waals surface area contributed by atoms with Crippen molar-refractivity contribution in [1.82, 2.24) is 0 Å². The molecule has 1 aliphatic rings. The summed E-state index contributed by atoms with van der Waals surface area (Å²) in [5.41, 5.74) is 2.19. The summed E-state index contributed by atoms with van der Waals surface area (Å²) in [6.07, 6.45) is 0.966. The fraction of sp³-hybridized carbons (Fsp3) is 0.500. The Labute approximate surface area is 102 Å². The van der Waals surface area contributed by atoms with Crippen LogP contribution in [0.3, 0.4) is 0 Å². The van der Waals surface area contributed by atoms with Crippen LogP contribution in [-0.4, -0.2) is 25.0 Å². The summed E-state index contributed by atoms with van der Waals surface area (Å²) in [5, 5.41) is 3.32. The van der Waals surface area contributed by atoms with Gasteiger partial charge in [-0.25, -0.2) is 0 Å². The number of benzene rings is 1. The van der Waals surface area contributed by atoms with Crippen molar-refractivity contribution in [2.75, 3.05) is 18.5 Å². The number of ether oxygens (including phenoxy) is 1. The van der Waals surface area contributed by atoms with E-state index in [2.05, 4.69) is 5.32 Å². The highest BCUT2D eigenvalue weighted by atomic mass is 16.5. The highest BCUT2D eigenvalue weighted by Crippen LogP contribution is 2.31. The fourth-order valence-electron chi connectivity index (χ4n) is 2.15. The summed E-state index contributed by atoms with van der Waals surface area (Å²) in [5.74, 6) is 0.179. The minimum Gasteiger partial charge on any atom is -0.385 e. The van der Waals surface area contributed by atoms with E-state index in [0.29, 0.717) is 0 Å². The molecule has 0 aromatic heterocycles. The number of nitrogens with one attached hydrogen (secondary N) is 1. The van der Waals surface area contributed by atoms with Gasteiger partial charge in [0, 0.05) is 18.2 Å². The van der Waals surface area contributed by atoms with Gasteiger partial charge in [-0.05, 0) is 31.9 Å². The van der Waals surface area contributed by atoms with Crippen LogP contribution in [0.2, 0.25) is 0 Å². The van der Waals surface area contributed by atoms with Crippen LogP contribution in [0.5, 0.6) is 0 Å². The van der Waals surface area contributed by atoms with Crippen LogP contribution in [0, 0.1) is 0 Å². The van der Waals surface area contributed by atoms with E-state index in [1.54, 1.807) is 0 Å². The van der Waals surface area contributed by atoms with E-state index in [0.717, 1.165) is 24.2 Å². The Morgan fingerprint density at radius 1 is 1.47 bits per heavy atom. The first-order valence-corrected chi connectivity index (χ1v) is 6.15. The molecule has 0 radical (unpaired) electrons. The normalized spacial score (nSPS) is 18.6. The molecule has 0 spiro atoms. The molecule has 0 amide bonds. The maximum atomic E-state index is 12.1. The first kappa shape index (κ1) is 12.1. The van der Waals surface area contributed by atoms with Gasteiger partial charge in [0.05, 0.1) is 6.10 Å². The van der Waals surface area contributed by atoms with Gasteiger partial charge < -0.3 is 10.1 Å². The number of fused-ring (bicyclic) bond motifs is 1. The van der Waals surface area contributed by atoms with E-state index >= 15 is 0 Å². The van der Waals surface area contributed by atoms with Crippen LogP contribution < -0.4 is 5.32 Å². The van der Waals surface area contributed by atoms with Crippen LogP contribution >= 0.6 is 0 Å². The SMILES string of the molecule is CC(C)OCC(=O)C1CCNc2ccccc21. The maximum Gasteiger partial charge on any atom is 0.166 e. The molecule has 1 unspecified atom stereocenters. The monoisotopic (exact) mass is 233 g/mol. The molecule has 1 heterocycles. The molecular formula is C14H19NO2. The molecule has 17 heavy (non-hydrogen) atoms. The number of Topliss-reactive ketones (excluding diaryl/α,β-unsaturated/α-hetero) is 1. The van der Waals surface area contributed by atoms with E-state index in [9.17, 15) is 4.79 Å². The van der Waals surface area contributed by atoms with Gasteiger partial charge in [-0.3, -0.25) is 4.79 Å². The summed E-state index contributed by atoms with van der Waals surface area (Å²) in [6.45, 7) is 4.97. The smallest absolute Gasteiger partial charge is 0.166 e. The Kier molecular flexibility index (Phi) is 3.79. The molecule has 0 aliphatic carbocycles. The van der Waals surface area contributed by atoms with Gasteiger partial charge in [0.2, 0.25) is 0 Å². The molecule has 0 saturated carbocycles. The summed E-state index contributed by atoms with van der Waals surface area (Å²) in [7, 11) is 0. The average molecular weight is 233 g/mol. The zero-order valence-electron chi connectivity index (χ0n) is 10.4. The Bertz CT molecular complexity index is 401. The number of ketones is 1. The van der Waals surface area contributed by atoms with Gasteiger partial charge in [-0.1, -0.05) is 18.2 Å². The Morgan fingerprint density at radius 3 is 3.00 bits per heavy atom. The lowest BCUT2D eigenvalue weighted by Crippen LogP contribution is -2.26. The Hall–Kier alpha value is -1.35. The number of hydrogen-bond acceptors (Lipinski definition) is 3. The summed E-state index contributed by atoms with van der Waals surface area (Å²) < 4.78 is 5.40. The van der Waals surface area contributed by atoms with Crippen LogP contribution in [0.4, 0.5) is 5.69 Å². The molecular weight excluding hydrogens is 214 g/mol. The third kappa shape index (κ3) is 2.86. The van der Waals surface area contributed by atoms with Gasteiger partial charge in [0.1, 0.15) is 6.61 Å². The van der Waals surface area contributed by atoms with Gasteiger partial charge in [-0.15, -0.1) is 0 Å². The van der Waals surface area contributed by atoms with Crippen molar-refractivity contribution in [3.8, 4) is 0 Å². The van der Waals surface area contributed by atoms with Crippen molar-refractivity contribution in [2.45, 2.75) is 32.3 Å². The van der Waals surface area contributed by atoms with Crippen LogP contribution in [0.25, 0.3) is 0 Å². The lowest BCUT2D eigenvalue weighted by atomic mass is 9.88. The molecule has 92 valence electrons. The first-order chi connectivity index (χ1) is 8.18. The Morgan fingerprint density at radius 2 is 2.24 bits per heavy atom. The number of para-hydroxylation sites is 1. The molecule has 1 N–H and O–H groups in total. The minimum absolute atomic E-state index is 0.00815. The maximum absolute atomic E-state index is 12.1. The minimum atomic E-state index is -0.00815. The topological polar surface area (TPSA) is 38.3 Å². The molecule has 2 rings (SSSR count). The lowest BCUT2D eigenvalue weighted by molar-refractivity contribution is -0.126. The molecule has 3 heteroatoms. The lowest BCUT2D eigenvalue weighted by Gasteiger charge is -2.25. The zero-order valence-corrected chi connectivity index (χ0v) is 10.4. The van der Waals surface area contributed by atoms with Crippen molar-refractivity contribution in [2.24, 2.45) is 0 Å². The van der Waals surface area contributed by atoms with Gasteiger partial charge >= 0.3 is 0 Å².